The van der Waals surface area contributed by atoms with E-state index in [1.807, 2.05) is 30.3 Å². The number of carbonyl (C=O) groups excluding carboxylic acids is 2. The van der Waals surface area contributed by atoms with Gasteiger partial charge >= 0.3 is 0 Å². The van der Waals surface area contributed by atoms with Crippen molar-refractivity contribution in [2.45, 2.75) is 13.0 Å². The van der Waals surface area contributed by atoms with Crippen LogP contribution in [0.2, 0.25) is 5.02 Å². The zero-order valence-corrected chi connectivity index (χ0v) is 13.1. The zero-order valence-electron chi connectivity index (χ0n) is 12.3. The van der Waals surface area contributed by atoms with E-state index in [1.165, 1.54) is 6.21 Å². The number of halogens is 1. The van der Waals surface area contributed by atoms with Crippen LogP contribution in [0.15, 0.2) is 59.7 Å². The summed E-state index contributed by atoms with van der Waals surface area (Å²) in [6, 6.07) is 16.5. The maximum atomic E-state index is 11.7. The van der Waals surface area contributed by atoms with Gasteiger partial charge in [-0.1, -0.05) is 54.1 Å². The molecule has 0 aliphatic carbocycles. The summed E-state index contributed by atoms with van der Waals surface area (Å²) < 4.78 is 0. The molecule has 0 unspecified atom stereocenters. The smallest absolute Gasteiger partial charge is 0.249 e. The van der Waals surface area contributed by atoms with Crippen LogP contribution in [0.4, 0.5) is 0 Å². The van der Waals surface area contributed by atoms with Gasteiger partial charge in [-0.25, -0.2) is 5.43 Å². The maximum absolute atomic E-state index is 11.7. The highest BCUT2D eigenvalue weighted by Crippen LogP contribution is 2.08. The molecule has 2 N–H and O–H groups in total. The van der Waals surface area contributed by atoms with Gasteiger partial charge in [-0.3, -0.25) is 9.59 Å². The monoisotopic (exact) mass is 329 g/mol. The van der Waals surface area contributed by atoms with Crippen LogP contribution in [0.3, 0.4) is 0 Å². The molecule has 0 bridgehead atoms. The fourth-order valence-corrected chi connectivity index (χ4v) is 2.01. The van der Waals surface area contributed by atoms with E-state index in [9.17, 15) is 9.59 Å². The third kappa shape index (κ3) is 6.32. The maximum Gasteiger partial charge on any atom is 0.249 e. The number of hydrogen-bond acceptors (Lipinski definition) is 3. The second-order valence-corrected chi connectivity index (χ2v) is 5.22. The molecule has 23 heavy (non-hydrogen) atoms. The fourth-order valence-electron chi connectivity index (χ4n) is 1.81. The summed E-state index contributed by atoms with van der Waals surface area (Å²) in [5, 5.41) is 7.05. The van der Waals surface area contributed by atoms with Gasteiger partial charge < -0.3 is 5.32 Å². The third-order valence-corrected chi connectivity index (χ3v) is 3.14. The summed E-state index contributed by atoms with van der Waals surface area (Å²) in [7, 11) is 0. The lowest BCUT2D eigenvalue weighted by Crippen LogP contribution is -2.29. The van der Waals surface area contributed by atoms with E-state index < -0.39 is 5.91 Å². The van der Waals surface area contributed by atoms with Crippen molar-refractivity contribution in [1.29, 1.82) is 0 Å². The summed E-state index contributed by atoms with van der Waals surface area (Å²) >= 11 is 5.84. The minimum absolute atomic E-state index is 0.278. The molecule has 0 atom stereocenters. The first-order valence-corrected chi connectivity index (χ1v) is 7.39. The summed E-state index contributed by atoms with van der Waals surface area (Å²) in [4.78, 5) is 23.3. The van der Waals surface area contributed by atoms with Crippen molar-refractivity contribution in [3.63, 3.8) is 0 Å². The number of hydrazone groups is 1. The van der Waals surface area contributed by atoms with Gasteiger partial charge in [0.25, 0.3) is 0 Å². The SMILES string of the molecule is O=C(CC(=O)N/N=C/c1cccc(Cl)c1)NCc1ccccc1. The standard InChI is InChI=1S/C17H16ClN3O2/c18-15-8-4-7-14(9-15)12-20-21-17(23)10-16(22)19-11-13-5-2-1-3-6-13/h1-9,12H,10-11H2,(H,19,22)(H,21,23)/b20-12+. The summed E-state index contributed by atoms with van der Waals surface area (Å²) in [5.74, 6) is -0.835. The molecule has 0 aliphatic heterocycles. The molecule has 2 amide bonds. The topological polar surface area (TPSA) is 70.6 Å². The van der Waals surface area contributed by atoms with Gasteiger partial charge in [0.15, 0.2) is 0 Å². The second kappa shape index (κ2) is 8.70. The molecule has 0 fully saturated rings. The normalized spacial score (nSPS) is 10.5. The lowest BCUT2D eigenvalue weighted by atomic mass is 10.2. The van der Waals surface area contributed by atoms with Crippen molar-refractivity contribution in [3.8, 4) is 0 Å². The molecule has 0 aromatic heterocycles. The van der Waals surface area contributed by atoms with Crippen LogP contribution in [0.5, 0.6) is 0 Å². The van der Waals surface area contributed by atoms with Crippen LogP contribution in [0, 0.1) is 0 Å². The Balaban J connectivity index is 1.72. The molecule has 0 spiro atoms. The highest BCUT2D eigenvalue weighted by atomic mass is 35.5. The number of nitrogens with one attached hydrogen (secondary N) is 2. The quantitative estimate of drug-likeness (QED) is 0.485. The van der Waals surface area contributed by atoms with Gasteiger partial charge in [0.05, 0.1) is 6.21 Å². The molecule has 2 rings (SSSR count). The summed E-state index contributed by atoms with van der Waals surface area (Å²) in [6.07, 6.45) is 1.19. The molecular weight excluding hydrogens is 314 g/mol. The lowest BCUT2D eigenvalue weighted by Gasteiger charge is -2.04. The Hall–Kier alpha value is -2.66. The first-order chi connectivity index (χ1) is 11.1. The fraction of sp³-hybridized carbons (Fsp3) is 0.118. The van der Waals surface area contributed by atoms with Gasteiger partial charge in [-0.05, 0) is 23.3 Å². The van der Waals surface area contributed by atoms with Crippen LogP contribution in [0.1, 0.15) is 17.5 Å². The van der Waals surface area contributed by atoms with Crippen molar-refractivity contribution < 1.29 is 9.59 Å². The van der Waals surface area contributed by atoms with Gasteiger partial charge in [-0.2, -0.15) is 5.10 Å². The number of benzene rings is 2. The highest BCUT2D eigenvalue weighted by molar-refractivity contribution is 6.30. The lowest BCUT2D eigenvalue weighted by molar-refractivity contribution is -0.129. The summed E-state index contributed by atoms with van der Waals surface area (Å²) in [5.41, 5.74) is 4.03. The molecule has 2 aromatic rings. The average Bonchev–Trinajstić information content (AvgIpc) is 2.54. The molecule has 118 valence electrons. The molecule has 0 heterocycles. The predicted octanol–water partition coefficient (Wildman–Crippen LogP) is 2.50. The highest BCUT2D eigenvalue weighted by Gasteiger charge is 2.08. The Morgan fingerprint density at radius 1 is 1.04 bits per heavy atom. The molecule has 2 aromatic carbocycles. The van der Waals surface area contributed by atoms with Crippen LogP contribution < -0.4 is 10.7 Å². The van der Waals surface area contributed by atoms with E-state index in [2.05, 4.69) is 15.8 Å². The predicted molar refractivity (Wildman–Crippen MR) is 90.1 cm³/mol. The Morgan fingerprint density at radius 2 is 1.83 bits per heavy atom. The van der Waals surface area contributed by atoms with E-state index in [0.717, 1.165) is 11.1 Å². The van der Waals surface area contributed by atoms with Crippen LogP contribution >= 0.6 is 11.6 Å². The minimum Gasteiger partial charge on any atom is -0.352 e. The number of amides is 2. The van der Waals surface area contributed by atoms with Crippen molar-refractivity contribution in [2.75, 3.05) is 0 Å². The Labute approximate surface area is 139 Å². The second-order valence-electron chi connectivity index (χ2n) is 4.79. The van der Waals surface area contributed by atoms with Crippen molar-refractivity contribution in [1.82, 2.24) is 10.7 Å². The zero-order chi connectivity index (χ0) is 16.5. The van der Waals surface area contributed by atoms with E-state index >= 15 is 0 Å². The number of hydrogen-bond donors (Lipinski definition) is 2. The Kier molecular flexibility index (Phi) is 6.32. The summed E-state index contributed by atoms with van der Waals surface area (Å²) in [6.45, 7) is 0.388. The van der Waals surface area contributed by atoms with Crippen LogP contribution in [-0.4, -0.2) is 18.0 Å². The third-order valence-electron chi connectivity index (χ3n) is 2.91. The Bertz CT molecular complexity index is 702. The van der Waals surface area contributed by atoms with E-state index in [1.54, 1.807) is 24.3 Å². The minimum atomic E-state index is -0.478. The van der Waals surface area contributed by atoms with E-state index in [0.29, 0.717) is 11.6 Å². The molecule has 0 saturated heterocycles. The van der Waals surface area contributed by atoms with Crippen molar-refractivity contribution in [2.24, 2.45) is 5.10 Å². The van der Waals surface area contributed by atoms with Gasteiger partial charge in [-0.15, -0.1) is 0 Å². The van der Waals surface area contributed by atoms with E-state index in [4.69, 9.17) is 11.6 Å². The largest absolute Gasteiger partial charge is 0.352 e. The van der Waals surface area contributed by atoms with Crippen LogP contribution in [0.25, 0.3) is 0 Å². The van der Waals surface area contributed by atoms with Crippen LogP contribution in [-0.2, 0) is 16.1 Å². The average molecular weight is 330 g/mol. The molecule has 6 heteroatoms. The Morgan fingerprint density at radius 3 is 2.57 bits per heavy atom. The van der Waals surface area contributed by atoms with Crippen molar-refractivity contribution >= 4 is 29.6 Å². The van der Waals surface area contributed by atoms with E-state index in [-0.39, 0.29) is 12.3 Å². The molecule has 5 nitrogen and oxygen atoms in total. The first kappa shape index (κ1) is 16.7. The van der Waals surface area contributed by atoms with Gasteiger partial charge in [0.2, 0.25) is 11.8 Å². The number of rotatable bonds is 6. The van der Waals surface area contributed by atoms with Gasteiger partial charge in [0.1, 0.15) is 6.42 Å². The molecule has 0 saturated carbocycles. The molecular formula is C17H16ClN3O2. The number of nitrogens with zero attached hydrogens (tertiary/aromatic N) is 1. The number of carbonyl (C=O) groups is 2. The molecule has 0 aliphatic rings. The first-order valence-electron chi connectivity index (χ1n) is 7.01. The molecule has 0 radical (unpaired) electrons. The van der Waals surface area contributed by atoms with Crippen molar-refractivity contribution in [3.05, 3.63) is 70.7 Å². The van der Waals surface area contributed by atoms with Gasteiger partial charge in [0, 0.05) is 11.6 Å².